The number of hydrogen-bond donors (Lipinski definition) is 2. The summed E-state index contributed by atoms with van der Waals surface area (Å²) in [6.45, 7) is 1.79. The minimum Gasteiger partial charge on any atom is -0.478 e. The van der Waals surface area contributed by atoms with Crippen molar-refractivity contribution in [3.05, 3.63) is 34.3 Å². The SMILES string of the molecule is CC(=CC(=O)O)CSc1cc(Br)ccc1N. The van der Waals surface area contributed by atoms with E-state index >= 15 is 0 Å². The number of aliphatic carboxylic acids is 1. The molecule has 16 heavy (non-hydrogen) atoms. The van der Waals surface area contributed by atoms with Crippen molar-refractivity contribution in [3.8, 4) is 0 Å². The molecule has 3 N–H and O–H groups in total. The number of carbonyl (C=O) groups is 1. The molecule has 0 spiro atoms. The summed E-state index contributed by atoms with van der Waals surface area (Å²) in [5.41, 5.74) is 7.31. The van der Waals surface area contributed by atoms with Crippen LogP contribution in [0.2, 0.25) is 0 Å². The van der Waals surface area contributed by atoms with Crippen LogP contribution >= 0.6 is 27.7 Å². The number of thioether (sulfide) groups is 1. The maximum absolute atomic E-state index is 10.4. The smallest absolute Gasteiger partial charge is 0.328 e. The molecule has 0 bridgehead atoms. The van der Waals surface area contributed by atoms with E-state index in [2.05, 4.69) is 15.9 Å². The van der Waals surface area contributed by atoms with E-state index in [1.54, 1.807) is 6.92 Å². The van der Waals surface area contributed by atoms with Crippen LogP contribution in [0, 0.1) is 0 Å². The Morgan fingerprint density at radius 1 is 1.62 bits per heavy atom. The average Bonchev–Trinajstić information content (AvgIpc) is 2.18. The second-order valence-electron chi connectivity index (χ2n) is 3.30. The van der Waals surface area contributed by atoms with Gasteiger partial charge in [0.1, 0.15) is 0 Å². The first kappa shape index (κ1) is 13.1. The van der Waals surface area contributed by atoms with Crippen LogP contribution < -0.4 is 5.73 Å². The Balaban J connectivity index is 2.68. The molecule has 0 saturated heterocycles. The van der Waals surface area contributed by atoms with E-state index in [9.17, 15) is 4.79 Å². The Bertz CT molecular complexity index is 432. The third-order valence-electron chi connectivity index (χ3n) is 1.80. The lowest BCUT2D eigenvalue weighted by molar-refractivity contribution is -0.131. The van der Waals surface area contributed by atoms with Gasteiger partial charge in [-0.25, -0.2) is 4.79 Å². The van der Waals surface area contributed by atoms with E-state index in [0.717, 1.165) is 14.9 Å². The van der Waals surface area contributed by atoms with Crippen LogP contribution in [0.15, 0.2) is 39.2 Å². The molecule has 0 aliphatic carbocycles. The second kappa shape index (κ2) is 5.96. The van der Waals surface area contributed by atoms with Crippen LogP contribution in [0.3, 0.4) is 0 Å². The molecule has 0 unspecified atom stereocenters. The molecule has 1 aromatic rings. The van der Waals surface area contributed by atoms with Crippen molar-refractivity contribution in [1.82, 2.24) is 0 Å². The molecule has 0 fully saturated rings. The van der Waals surface area contributed by atoms with Gasteiger partial charge in [0.2, 0.25) is 0 Å². The summed E-state index contributed by atoms with van der Waals surface area (Å²) in [5.74, 6) is -0.298. The fourth-order valence-corrected chi connectivity index (χ4v) is 2.50. The normalized spacial score (nSPS) is 11.5. The highest BCUT2D eigenvalue weighted by Crippen LogP contribution is 2.29. The zero-order chi connectivity index (χ0) is 12.1. The van der Waals surface area contributed by atoms with Crippen LogP contribution in [0.5, 0.6) is 0 Å². The highest BCUT2D eigenvalue weighted by molar-refractivity contribution is 9.10. The third kappa shape index (κ3) is 4.28. The molecule has 0 amide bonds. The molecule has 1 aromatic carbocycles. The summed E-state index contributed by atoms with van der Waals surface area (Å²) in [6.07, 6.45) is 1.21. The molecule has 0 aliphatic heterocycles. The van der Waals surface area contributed by atoms with Gasteiger partial charge in [-0.3, -0.25) is 0 Å². The van der Waals surface area contributed by atoms with Crippen LogP contribution in [0.4, 0.5) is 5.69 Å². The number of carboxylic acids is 1. The van der Waals surface area contributed by atoms with Crippen LogP contribution in [-0.2, 0) is 4.79 Å². The van der Waals surface area contributed by atoms with Crippen LogP contribution in [-0.4, -0.2) is 16.8 Å². The first-order valence-corrected chi connectivity index (χ1v) is 6.35. The fraction of sp³-hybridized carbons (Fsp3) is 0.182. The van der Waals surface area contributed by atoms with E-state index in [0.29, 0.717) is 11.4 Å². The molecule has 0 aliphatic rings. The number of hydrogen-bond acceptors (Lipinski definition) is 3. The Morgan fingerprint density at radius 3 is 2.94 bits per heavy atom. The Kier molecular flexibility index (Phi) is 4.89. The molecule has 0 radical (unpaired) electrons. The van der Waals surface area contributed by atoms with Gasteiger partial charge in [-0.05, 0) is 25.1 Å². The molecule has 0 heterocycles. The van der Waals surface area contributed by atoms with Gasteiger partial charge in [0.05, 0.1) is 0 Å². The van der Waals surface area contributed by atoms with E-state index in [1.807, 2.05) is 18.2 Å². The predicted octanol–water partition coefficient (Wildman–Crippen LogP) is 3.15. The predicted molar refractivity (Wildman–Crippen MR) is 70.7 cm³/mol. The standard InChI is InChI=1S/C11H12BrNO2S/c1-7(4-11(14)15)6-16-10-5-8(12)2-3-9(10)13/h2-5H,6,13H2,1H3,(H,14,15). The topological polar surface area (TPSA) is 63.3 Å². The third-order valence-corrected chi connectivity index (χ3v) is 3.56. The molecule has 86 valence electrons. The summed E-state index contributed by atoms with van der Waals surface area (Å²) in [6, 6.07) is 5.62. The maximum Gasteiger partial charge on any atom is 0.328 e. The number of halogens is 1. The molecule has 5 heteroatoms. The number of nitrogens with two attached hydrogens (primary N) is 1. The monoisotopic (exact) mass is 301 g/mol. The Labute approximate surface area is 107 Å². The molecule has 1 rings (SSSR count). The quantitative estimate of drug-likeness (QED) is 0.509. The number of nitrogen functional groups attached to an aromatic ring is 1. The fourth-order valence-electron chi connectivity index (χ4n) is 1.08. The summed E-state index contributed by atoms with van der Waals surface area (Å²) in [4.78, 5) is 11.4. The minimum absolute atomic E-state index is 0.618. The maximum atomic E-state index is 10.4. The average molecular weight is 302 g/mol. The van der Waals surface area contributed by atoms with E-state index in [1.165, 1.54) is 17.8 Å². The van der Waals surface area contributed by atoms with Crippen molar-refractivity contribution in [3.63, 3.8) is 0 Å². The molecule has 0 saturated carbocycles. The highest BCUT2D eigenvalue weighted by atomic mass is 79.9. The number of rotatable bonds is 4. The van der Waals surface area contributed by atoms with Gasteiger partial charge in [-0.15, -0.1) is 11.8 Å². The van der Waals surface area contributed by atoms with Gasteiger partial charge in [0.15, 0.2) is 0 Å². The zero-order valence-electron chi connectivity index (χ0n) is 8.74. The molecular weight excluding hydrogens is 290 g/mol. The molecule has 0 aromatic heterocycles. The van der Waals surface area contributed by atoms with Crippen molar-refractivity contribution in [2.75, 3.05) is 11.5 Å². The van der Waals surface area contributed by atoms with Crippen molar-refractivity contribution in [2.24, 2.45) is 0 Å². The summed E-state index contributed by atoms with van der Waals surface area (Å²) in [7, 11) is 0. The summed E-state index contributed by atoms with van der Waals surface area (Å²) >= 11 is 4.89. The van der Waals surface area contributed by atoms with E-state index in [-0.39, 0.29) is 0 Å². The largest absolute Gasteiger partial charge is 0.478 e. The van der Waals surface area contributed by atoms with Crippen molar-refractivity contribution >= 4 is 39.3 Å². The summed E-state index contributed by atoms with van der Waals surface area (Å²) in [5, 5.41) is 8.56. The summed E-state index contributed by atoms with van der Waals surface area (Å²) < 4.78 is 0.962. The Hall–Kier alpha value is -0.940. The van der Waals surface area contributed by atoms with Crippen LogP contribution in [0.1, 0.15) is 6.92 Å². The number of benzene rings is 1. The highest BCUT2D eigenvalue weighted by Gasteiger charge is 2.02. The molecular formula is C11H12BrNO2S. The van der Waals surface area contributed by atoms with Gasteiger partial charge >= 0.3 is 5.97 Å². The van der Waals surface area contributed by atoms with Crippen molar-refractivity contribution < 1.29 is 9.90 Å². The van der Waals surface area contributed by atoms with Gasteiger partial charge in [-0.1, -0.05) is 21.5 Å². The zero-order valence-corrected chi connectivity index (χ0v) is 11.1. The van der Waals surface area contributed by atoms with Gasteiger partial charge < -0.3 is 10.8 Å². The van der Waals surface area contributed by atoms with Gasteiger partial charge in [0.25, 0.3) is 0 Å². The van der Waals surface area contributed by atoms with E-state index in [4.69, 9.17) is 10.8 Å². The second-order valence-corrected chi connectivity index (χ2v) is 5.23. The van der Waals surface area contributed by atoms with Gasteiger partial charge in [0, 0.05) is 26.9 Å². The minimum atomic E-state index is -0.916. The first-order valence-electron chi connectivity index (χ1n) is 4.57. The van der Waals surface area contributed by atoms with Crippen molar-refractivity contribution in [1.29, 1.82) is 0 Å². The van der Waals surface area contributed by atoms with E-state index < -0.39 is 5.97 Å². The lowest BCUT2D eigenvalue weighted by atomic mass is 10.3. The Morgan fingerprint density at radius 2 is 2.31 bits per heavy atom. The van der Waals surface area contributed by atoms with Crippen molar-refractivity contribution in [2.45, 2.75) is 11.8 Å². The van der Waals surface area contributed by atoms with Crippen LogP contribution in [0.25, 0.3) is 0 Å². The van der Waals surface area contributed by atoms with Gasteiger partial charge in [-0.2, -0.15) is 0 Å². The lowest BCUT2D eigenvalue weighted by Crippen LogP contribution is -1.93. The lowest BCUT2D eigenvalue weighted by Gasteiger charge is -2.05. The molecule has 0 atom stereocenters. The number of carboxylic acid groups (broad SMARTS) is 1. The first-order chi connectivity index (χ1) is 7.49. The molecule has 3 nitrogen and oxygen atoms in total. The number of anilines is 1.